The molecule has 15 heavy (non-hydrogen) atoms. The maximum Gasteiger partial charge on any atom is 0.0275 e. The topological polar surface area (TPSA) is 0 Å². The molecule has 0 radical (unpaired) electrons. The van der Waals surface area contributed by atoms with E-state index in [9.17, 15) is 0 Å². The Balaban J connectivity index is 2.93. The summed E-state index contributed by atoms with van der Waals surface area (Å²) in [5.41, 5.74) is 2.99. The predicted octanol–water partition coefficient (Wildman–Crippen LogP) is 3.16. The van der Waals surface area contributed by atoms with Crippen molar-refractivity contribution in [3.8, 4) is 24.7 Å². The van der Waals surface area contributed by atoms with E-state index in [4.69, 9.17) is 12.8 Å². The summed E-state index contributed by atoms with van der Waals surface area (Å²) in [6.07, 6.45) is 16.9. The standard InChI is InChI=1S/C15H14/c1-4-7-8-9-15-12-13(5-2)10-11-14(15)6-3/h2-4,7,10-12H,8-9H2,1H3. The summed E-state index contributed by atoms with van der Waals surface area (Å²) in [5, 5.41) is 0. The van der Waals surface area contributed by atoms with Crippen LogP contribution in [0.4, 0.5) is 0 Å². The van der Waals surface area contributed by atoms with Gasteiger partial charge in [-0.25, -0.2) is 0 Å². The van der Waals surface area contributed by atoms with Crippen molar-refractivity contribution in [3.63, 3.8) is 0 Å². The van der Waals surface area contributed by atoms with Gasteiger partial charge in [0.05, 0.1) is 0 Å². The monoisotopic (exact) mass is 194 g/mol. The van der Waals surface area contributed by atoms with Gasteiger partial charge < -0.3 is 0 Å². The molecular weight excluding hydrogens is 180 g/mol. The van der Waals surface area contributed by atoms with Crippen LogP contribution < -0.4 is 0 Å². The van der Waals surface area contributed by atoms with Crippen molar-refractivity contribution >= 4 is 0 Å². The van der Waals surface area contributed by atoms with Crippen LogP contribution >= 0.6 is 0 Å². The van der Waals surface area contributed by atoms with Crippen molar-refractivity contribution in [3.05, 3.63) is 47.0 Å². The average molecular weight is 194 g/mol. The van der Waals surface area contributed by atoms with Gasteiger partial charge in [0.2, 0.25) is 0 Å². The summed E-state index contributed by atoms with van der Waals surface area (Å²) >= 11 is 0. The van der Waals surface area contributed by atoms with Crippen LogP contribution in [0.5, 0.6) is 0 Å². The molecular formula is C15H14. The molecule has 0 N–H and O–H groups in total. The molecule has 0 saturated heterocycles. The Bertz CT molecular complexity index is 436. The second-order valence-corrected chi connectivity index (χ2v) is 3.27. The number of benzene rings is 1. The van der Waals surface area contributed by atoms with Crippen molar-refractivity contribution in [2.75, 3.05) is 0 Å². The fourth-order valence-electron chi connectivity index (χ4n) is 1.44. The zero-order chi connectivity index (χ0) is 11.1. The summed E-state index contributed by atoms with van der Waals surface area (Å²) in [6.45, 7) is 2.01. The molecule has 0 saturated carbocycles. The van der Waals surface area contributed by atoms with E-state index in [2.05, 4.69) is 17.9 Å². The minimum Gasteiger partial charge on any atom is -0.115 e. The fraction of sp³-hybridized carbons (Fsp3) is 0.200. The van der Waals surface area contributed by atoms with Crippen LogP contribution in [0.3, 0.4) is 0 Å². The molecule has 0 aliphatic heterocycles. The first-order valence-electron chi connectivity index (χ1n) is 4.99. The van der Waals surface area contributed by atoms with E-state index in [1.807, 2.05) is 31.2 Å². The highest BCUT2D eigenvalue weighted by atomic mass is 14.0. The van der Waals surface area contributed by atoms with Gasteiger partial charge in [0.15, 0.2) is 0 Å². The summed E-state index contributed by atoms with van der Waals surface area (Å²) in [4.78, 5) is 0. The predicted molar refractivity (Wildman–Crippen MR) is 65.4 cm³/mol. The average Bonchev–Trinajstić information content (AvgIpc) is 2.29. The molecule has 0 amide bonds. The van der Waals surface area contributed by atoms with Gasteiger partial charge in [0.1, 0.15) is 0 Å². The molecule has 0 aliphatic carbocycles. The Hall–Kier alpha value is -1.92. The van der Waals surface area contributed by atoms with Gasteiger partial charge in [0, 0.05) is 11.1 Å². The number of hydrogen-bond donors (Lipinski definition) is 0. The van der Waals surface area contributed by atoms with E-state index in [-0.39, 0.29) is 0 Å². The van der Waals surface area contributed by atoms with Gasteiger partial charge in [0.25, 0.3) is 0 Å². The molecule has 1 aromatic rings. The zero-order valence-corrected chi connectivity index (χ0v) is 8.96. The van der Waals surface area contributed by atoms with Gasteiger partial charge in [-0.05, 0) is 43.5 Å². The minimum absolute atomic E-state index is 0.893. The number of rotatable bonds is 3. The quantitative estimate of drug-likeness (QED) is 0.512. The van der Waals surface area contributed by atoms with Crippen LogP contribution in [0.25, 0.3) is 0 Å². The first kappa shape index (κ1) is 11.2. The van der Waals surface area contributed by atoms with Crippen LogP contribution in [0.15, 0.2) is 30.4 Å². The number of allylic oxidation sites excluding steroid dienone is 2. The summed E-state index contributed by atoms with van der Waals surface area (Å²) < 4.78 is 0. The van der Waals surface area contributed by atoms with E-state index in [1.165, 1.54) is 0 Å². The third kappa shape index (κ3) is 3.04. The highest BCUT2D eigenvalue weighted by Gasteiger charge is 2.00. The van der Waals surface area contributed by atoms with Crippen LogP contribution in [0, 0.1) is 24.7 Å². The second-order valence-electron chi connectivity index (χ2n) is 3.27. The Morgan fingerprint density at radius 3 is 2.67 bits per heavy atom. The van der Waals surface area contributed by atoms with Gasteiger partial charge in [-0.3, -0.25) is 0 Å². The SMILES string of the molecule is C#Cc1ccc(C#C)c(CCC=CC)c1. The third-order valence-corrected chi connectivity index (χ3v) is 2.24. The molecule has 0 nitrogen and oxygen atoms in total. The summed E-state index contributed by atoms with van der Waals surface area (Å²) in [6, 6.07) is 5.80. The van der Waals surface area contributed by atoms with Crippen molar-refractivity contribution < 1.29 is 0 Å². The molecule has 0 atom stereocenters. The van der Waals surface area contributed by atoms with Crippen LogP contribution in [-0.2, 0) is 6.42 Å². The van der Waals surface area contributed by atoms with Crippen molar-refractivity contribution in [2.24, 2.45) is 0 Å². The molecule has 0 unspecified atom stereocenters. The highest BCUT2D eigenvalue weighted by Crippen LogP contribution is 2.13. The lowest BCUT2D eigenvalue weighted by Crippen LogP contribution is -1.91. The molecule has 0 bridgehead atoms. The zero-order valence-electron chi connectivity index (χ0n) is 8.96. The van der Waals surface area contributed by atoms with Gasteiger partial charge >= 0.3 is 0 Å². The smallest absolute Gasteiger partial charge is 0.0275 e. The van der Waals surface area contributed by atoms with Crippen molar-refractivity contribution in [1.82, 2.24) is 0 Å². The Labute approximate surface area is 92.0 Å². The maximum atomic E-state index is 5.43. The Morgan fingerprint density at radius 1 is 1.27 bits per heavy atom. The molecule has 1 aromatic carbocycles. The fourth-order valence-corrected chi connectivity index (χ4v) is 1.44. The Morgan fingerprint density at radius 2 is 2.07 bits per heavy atom. The first-order chi connectivity index (χ1) is 7.31. The molecule has 1 rings (SSSR count). The summed E-state index contributed by atoms with van der Waals surface area (Å²) in [5.74, 6) is 5.30. The largest absolute Gasteiger partial charge is 0.115 e. The van der Waals surface area contributed by atoms with E-state index in [0.29, 0.717) is 0 Å². The molecule has 0 aliphatic rings. The molecule has 0 aromatic heterocycles. The third-order valence-electron chi connectivity index (χ3n) is 2.24. The normalized spacial score (nSPS) is 9.80. The van der Waals surface area contributed by atoms with Crippen LogP contribution in [0.2, 0.25) is 0 Å². The highest BCUT2D eigenvalue weighted by molar-refractivity contribution is 5.46. The van der Waals surface area contributed by atoms with E-state index >= 15 is 0 Å². The number of hydrogen-bond acceptors (Lipinski definition) is 0. The lowest BCUT2D eigenvalue weighted by molar-refractivity contribution is 0.994. The Kier molecular flexibility index (Phi) is 4.27. The molecule has 0 fully saturated rings. The lowest BCUT2D eigenvalue weighted by Gasteiger charge is -2.03. The number of aryl methyl sites for hydroxylation is 1. The van der Waals surface area contributed by atoms with Gasteiger partial charge in [-0.2, -0.15) is 0 Å². The van der Waals surface area contributed by atoms with Gasteiger partial charge in [-0.15, -0.1) is 12.8 Å². The van der Waals surface area contributed by atoms with E-state index < -0.39 is 0 Å². The van der Waals surface area contributed by atoms with E-state index in [0.717, 1.165) is 29.5 Å². The molecule has 0 spiro atoms. The first-order valence-corrected chi connectivity index (χ1v) is 4.99. The lowest BCUT2D eigenvalue weighted by atomic mass is 10.0. The summed E-state index contributed by atoms with van der Waals surface area (Å²) in [7, 11) is 0. The van der Waals surface area contributed by atoms with E-state index in [1.54, 1.807) is 0 Å². The maximum absolute atomic E-state index is 5.43. The molecule has 0 heteroatoms. The van der Waals surface area contributed by atoms with Gasteiger partial charge in [-0.1, -0.05) is 24.0 Å². The molecule has 0 heterocycles. The minimum atomic E-state index is 0.893. The van der Waals surface area contributed by atoms with Crippen molar-refractivity contribution in [1.29, 1.82) is 0 Å². The van der Waals surface area contributed by atoms with Crippen LogP contribution in [-0.4, -0.2) is 0 Å². The number of terminal acetylenes is 2. The van der Waals surface area contributed by atoms with Crippen LogP contribution in [0.1, 0.15) is 30.0 Å². The molecule has 74 valence electrons. The second kappa shape index (κ2) is 5.74. The van der Waals surface area contributed by atoms with Crippen molar-refractivity contribution in [2.45, 2.75) is 19.8 Å².